The third-order valence-corrected chi connectivity index (χ3v) is 10.6. The lowest BCUT2D eigenvalue weighted by Crippen LogP contribution is -2.53. The van der Waals surface area contributed by atoms with Crippen molar-refractivity contribution in [2.75, 3.05) is 20.1 Å². The summed E-state index contributed by atoms with van der Waals surface area (Å²) >= 11 is 0. The van der Waals surface area contributed by atoms with Crippen LogP contribution in [0.15, 0.2) is 65.9 Å². The van der Waals surface area contributed by atoms with Crippen LogP contribution < -0.4 is 16.0 Å². The molecule has 3 aromatic rings. The molecular weight excluding hydrogens is 749 g/mol. The minimum absolute atomic E-state index is 0.104. The summed E-state index contributed by atoms with van der Waals surface area (Å²) in [6.45, 7) is 15.9. The van der Waals surface area contributed by atoms with Crippen LogP contribution in [0.2, 0.25) is 0 Å². The van der Waals surface area contributed by atoms with Gasteiger partial charge in [-0.25, -0.2) is 14.6 Å². The van der Waals surface area contributed by atoms with Gasteiger partial charge in [-0.05, 0) is 87.5 Å². The number of ether oxygens (including phenoxy) is 2. The first kappa shape index (κ1) is 44.4. The summed E-state index contributed by atoms with van der Waals surface area (Å²) in [4.78, 5) is 68.3. The molecule has 59 heavy (non-hydrogen) atoms. The molecule has 2 aliphatic heterocycles. The Kier molecular flexibility index (Phi) is 15.3. The first-order chi connectivity index (χ1) is 28.2. The van der Waals surface area contributed by atoms with Gasteiger partial charge in [0.05, 0.1) is 48.1 Å². The number of H-pyrrole nitrogens is 1. The Labute approximate surface area is 348 Å². The van der Waals surface area contributed by atoms with Crippen LogP contribution >= 0.6 is 0 Å². The van der Waals surface area contributed by atoms with Crippen molar-refractivity contribution in [3.8, 4) is 22.4 Å². The van der Waals surface area contributed by atoms with E-state index >= 15 is 0 Å². The fourth-order valence-electron chi connectivity index (χ4n) is 7.51. The summed E-state index contributed by atoms with van der Waals surface area (Å²) < 4.78 is 10.5. The second-order valence-corrected chi connectivity index (χ2v) is 16.5. The topological polar surface area (TPSA) is 170 Å². The van der Waals surface area contributed by atoms with Crippen LogP contribution in [0.1, 0.15) is 98.5 Å². The first-order valence-electron chi connectivity index (χ1n) is 20.9. The number of likely N-dealkylation sites (tertiary alicyclic amines) is 2. The zero-order valence-electron chi connectivity index (χ0n) is 36.0. The smallest absolute Gasteiger partial charge is 0.408 e. The van der Waals surface area contributed by atoms with Gasteiger partial charge in [0.2, 0.25) is 11.8 Å². The molecule has 318 valence electrons. The zero-order chi connectivity index (χ0) is 42.8. The molecule has 0 saturated carbocycles. The largest absolute Gasteiger partial charge is 0.447 e. The molecule has 4 atom stereocenters. The maximum Gasteiger partial charge on any atom is 0.408 e. The van der Waals surface area contributed by atoms with Crippen LogP contribution in [0.5, 0.6) is 0 Å². The summed E-state index contributed by atoms with van der Waals surface area (Å²) in [7, 11) is 1.85. The zero-order valence-corrected chi connectivity index (χ0v) is 36.0. The molecule has 0 bridgehead atoms. The van der Waals surface area contributed by atoms with Gasteiger partial charge in [0.25, 0.3) is 0 Å². The molecule has 14 nitrogen and oxygen atoms in total. The summed E-state index contributed by atoms with van der Waals surface area (Å²) in [5.41, 5.74) is 5.75. The number of alkyl carbamates (subject to hydrolysis) is 2. The number of aromatic nitrogens is 2. The Morgan fingerprint density at radius 3 is 1.80 bits per heavy atom. The molecule has 2 saturated heterocycles. The fourth-order valence-corrected chi connectivity index (χ4v) is 7.51. The van der Waals surface area contributed by atoms with Gasteiger partial charge >= 0.3 is 12.2 Å². The van der Waals surface area contributed by atoms with Gasteiger partial charge in [0.15, 0.2) is 0 Å². The van der Waals surface area contributed by atoms with Crippen molar-refractivity contribution in [1.29, 1.82) is 0 Å². The van der Waals surface area contributed by atoms with Crippen LogP contribution in [0.4, 0.5) is 9.59 Å². The molecule has 2 fully saturated rings. The number of imidazole rings is 1. The maximum absolute atomic E-state index is 13.7. The molecule has 2 aliphatic rings. The highest BCUT2D eigenvalue weighted by atomic mass is 16.6. The molecule has 0 spiro atoms. The number of benzene rings is 2. The van der Waals surface area contributed by atoms with Crippen molar-refractivity contribution in [2.45, 2.75) is 117 Å². The highest BCUT2D eigenvalue weighted by Gasteiger charge is 2.38. The number of hydrogen-bond acceptors (Lipinski definition) is 9. The van der Waals surface area contributed by atoms with Crippen molar-refractivity contribution < 1.29 is 28.7 Å². The summed E-state index contributed by atoms with van der Waals surface area (Å²) in [5.74, 6) is 0.238. The van der Waals surface area contributed by atoms with Gasteiger partial charge in [-0.1, -0.05) is 76.2 Å². The van der Waals surface area contributed by atoms with E-state index in [1.54, 1.807) is 45.0 Å². The second kappa shape index (κ2) is 20.3. The van der Waals surface area contributed by atoms with E-state index in [0.717, 1.165) is 65.2 Å². The summed E-state index contributed by atoms with van der Waals surface area (Å²) in [6, 6.07) is 14.7. The lowest BCUT2D eigenvalue weighted by Gasteiger charge is -2.30. The third-order valence-electron chi connectivity index (χ3n) is 10.6. The molecule has 0 radical (unpaired) electrons. The van der Waals surface area contributed by atoms with E-state index in [-0.39, 0.29) is 47.9 Å². The third kappa shape index (κ3) is 11.5. The lowest BCUT2D eigenvalue weighted by molar-refractivity contribution is -0.135. The van der Waals surface area contributed by atoms with Crippen molar-refractivity contribution in [3.05, 3.63) is 72.3 Å². The number of aromatic amines is 1. The average molecular weight is 811 g/mol. The Hall–Kier alpha value is -5.66. The fraction of sp³-hybridized carbons (Fsp3) is 0.511. The Balaban J connectivity index is 1.21. The molecule has 2 unspecified atom stereocenters. The predicted octanol–water partition coefficient (Wildman–Crippen LogP) is 7.31. The molecule has 1 aromatic heterocycles. The molecular formula is C45H62N8O6. The van der Waals surface area contributed by atoms with E-state index in [9.17, 15) is 19.2 Å². The molecule has 5 rings (SSSR count). The van der Waals surface area contributed by atoms with Crippen molar-refractivity contribution in [3.63, 3.8) is 0 Å². The van der Waals surface area contributed by atoms with Crippen LogP contribution in [0.3, 0.4) is 0 Å². The number of nitrogens with zero attached hydrogens (tertiary/aromatic N) is 4. The highest BCUT2D eigenvalue weighted by Crippen LogP contribution is 2.33. The Morgan fingerprint density at radius 1 is 0.746 bits per heavy atom. The molecule has 4 N–H and O–H groups in total. The quantitative estimate of drug-likeness (QED) is 0.116. The highest BCUT2D eigenvalue weighted by molar-refractivity contribution is 5.89. The van der Waals surface area contributed by atoms with Gasteiger partial charge in [-0.3, -0.25) is 14.6 Å². The van der Waals surface area contributed by atoms with E-state index in [2.05, 4.69) is 62.3 Å². The van der Waals surface area contributed by atoms with Gasteiger partial charge in [-0.2, -0.15) is 0 Å². The minimum Gasteiger partial charge on any atom is -0.447 e. The molecule has 3 heterocycles. The lowest BCUT2D eigenvalue weighted by atomic mass is 10.0. The van der Waals surface area contributed by atoms with E-state index in [0.29, 0.717) is 13.1 Å². The van der Waals surface area contributed by atoms with Gasteiger partial charge < -0.3 is 40.2 Å². The van der Waals surface area contributed by atoms with E-state index < -0.39 is 24.3 Å². The summed E-state index contributed by atoms with van der Waals surface area (Å²) in [6.07, 6.45) is 6.92. The number of carbonyl (C=O) groups excluding carboxylic acids is 4. The summed E-state index contributed by atoms with van der Waals surface area (Å²) in [5, 5.41) is 8.77. The number of nitrogens with one attached hydrogen (secondary N) is 4. The van der Waals surface area contributed by atoms with Crippen molar-refractivity contribution in [2.24, 2.45) is 16.8 Å². The predicted molar refractivity (Wildman–Crippen MR) is 230 cm³/mol. The number of carbonyl (C=O) groups is 4. The maximum atomic E-state index is 13.7. The average Bonchev–Trinajstić information content (AvgIpc) is 3.98. The van der Waals surface area contributed by atoms with Crippen molar-refractivity contribution >= 4 is 35.9 Å². The number of rotatable bonds is 15. The number of amides is 4. The SMILES string of the molecule is CN/C(=C\N=C[C@@H]1CCCN1C(=O)C(NC(=O)OC(C)C)C(C)C)c1ccc(-c2ccc(-c3cnc([C@@H]4CCCN4C(=O)C(NC(=O)OC(C)C)C(C)C)[nH]3)cc2)cc1. The number of hydrogen-bond donors (Lipinski definition) is 4. The van der Waals surface area contributed by atoms with E-state index in [1.165, 1.54) is 0 Å². The molecule has 0 aliphatic carbocycles. The minimum atomic E-state index is -0.698. The second-order valence-electron chi connectivity index (χ2n) is 16.5. The Morgan fingerprint density at radius 2 is 1.25 bits per heavy atom. The Bertz CT molecular complexity index is 1950. The number of aliphatic imine (C=N–C) groups is 1. The molecule has 4 amide bonds. The van der Waals surface area contributed by atoms with Gasteiger partial charge in [0.1, 0.15) is 17.9 Å². The van der Waals surface area contributed by atoms with Crippen LogP contribution in [-0.4, -0.2) is 100 Å². The molecule has 2 aromatic carbocycles. The normalized spacial score (nSPS) is 18.2. The van der Waals surface area contributed by atoms with Crippen LogP contribution in [-0.2, 0) is 19.1 Å². The van der Waals surface area contributed by atoms with Crippen LogP contribution in [0, 0.1) is 11.8 Å². The van der Waals surface area contributed by atoms with E-state index in [1.807, 2.05) is 58.0 Å². The monoisotopic (exact) mass is 810 g/mol. The molecule has 14 heteroatoms. The van der Waals surface area contributed by atoms with Crippen LogP contribution in [0.25, 0.3) is 28.1 Å². The van der Waals surface area contributed by atoms with Gasteiger partial charge in [0, 0.05) is 26.4 Å². The standard InChI is InChI=1S/C45H62N8O6/c1-27(2)39(50-44(56)58-29(5)6)42(54)52-22-10-12-35(52)24-47-25-36(46-9)33-18-14-31(15-19-33)32-16-20-34(21-17-32)37-26-48-41(49-37)38-13-11-23-53(38)43(55)40(28(3)4)51-45(57)59-30(7)8/h14-21,24-30,35,38-40,46H,10-13,22-23H2,1-9H3,(H,48,49)(H,50,56)(H,51,57)/b36-25-,47-24?/t35-,38-,39?,40?/m0/s1. The first-order valence-corrected chi connectivity index (χ1v) is 20.9. The van der Waals surface area contributed by atoms with Gasteiger partial charge in [-0.15, -0.1) is 0 Å². The van der Waals surface area contributed by atoms with E-state index in [4.69, 9.17) is 14.5 Å². The van der Waals surface area contributed by atoms with Crippen molar-refractivity contribution in [1.82, 2.24) is 35.7 Å².